The predicted octanol–water partition coefficient (Wildman–Crippen LogP) is 5.88. The number of fused-ring (bicyclic) bond motifs is 1. The summed E-state index contributed by atoms with van der Waals surface area (Å²) in [7, 11) is 0. The number of aromatic nitrogens is 2. The van der Waals surface area contributed by atoms with E-state index in [2.05, 4.69) is 9.97 Å². The largest absolute Gasteiger partial charge is 0.455 e. The zero-order valence-electron chi connectivity index (χ0n) is 13.0. The number of pyridine rings is 2. The average Bonchev–Trinajstić information content (AvgIpc) is 2.64. The summed E-state index contributed by atoms with van der Waals surface area (Å²) >= 11 is 6.02. The van der Waals surface area contributed by atoms with Crippen molar-refractivity contribution in [1.29, 1.82) is 0 Å². The highest BCUT2D eigenvalue weighted by Gasteiger charge is 2.13. The monoisotopic (exact) mass is 350 g/mol. The van der Waals surface area contributed by atoms with Gasteiger partial charge in [0.25, 0.3) is 0 Å². The molecule has 3 nitrogen and oxygen atoms in total. The molecular formula is C20H12ClFN2O. The molecule has 0 aliphatic heterocycles. The summed E-state index contributed by atoms with van der Waals surface area (Å²) in [6.45, 7) is 0. The van der Waals surface area contributed by atoms with E-state index < -0.39 is 0 Å². The second kappa shape index (κ2) is 6.49. The molecule has 0 saturated heterocycles. The van der Waals surface area contributed by atoms with Crippen LogP contribution in [-0.4, -0.2) is 9.97 Å². The van der Waals surface area contributed by atoms with Crippen molar-refractivity contribution in [2.45, 2.75) is 0 Å². The highest BCUT2D eigenvalue weighted by Crippen LogP contribution is 2.34. The Labute approximate surface area is 148 Å². The van der Waals surface area contributed by atoms with Crippen LogP contribution < -0.4 is 4.74 Å². The van der Waals surface area contributed by atoms with Crippen molar-refractivity contribution >= 4 is 22.5 Å². The smallest absolute Gasteiger partial charge is 0.145 e. The second-order valence-corrected chi connectivity index (χ2v) is 5.87. The van der Waals surface area contributed by atoms with Crippen molar-refractivity contribution in [2.24, 2.45) is 0 Å². The lowest BCUT2D eigenvalue weighted by Crippen LogP contribution is -1.93. The standard InChI is InChI=1S/C20H12ClFN2O/c21-13-7-8-17(22)16(10-13)19-11-20(25-14-4-3-9-23-12-14)15-5-1-2-6-18(15)24-19/h1-12H. The first-order chi connectivity index (χ1) is 12.2. The van der Waals surface area contributed by atoms with E-state index in [4.69, 9.17) is 16.3 Å². The molecule has 2 aromatic heterocycles. The fraction of sp³-hybridized carbons (Fsp3) is 0. The molecule has 0 saturated carbocycles. The first-order valence-corrected chi connectivity index (χ1v) is 8.01. The first-order valence-electron chi connectivity index (χ1n) is 7.64. The summed E-state index contributed by atoms with van der Waals surface area (Å²) in [6, 6.07) is 17.2. The number of hydrogen-bond donors (Lipinski definition) is 0. The maximum absolute atomic E-state index is 14.3. The van der Waals surface area contributed by atoms with Crippen molar-refractivity contribution in [3.05, 3.63) is 83.9 Å². The Bertz CT molecular complexity index is 1050. The highest BCUT2D eigenvalue weighted by atomic mass is 35.5. The van der Waals surface area contributed by atoms with Crippen LogP contribution in [0.5, 0.6) is 11.5 Å². The number of hydrogen-bond acceptors (Lipinski definition) is 3. The van der Waals surface area contributed by atoms with Crippen LogP contribution in [0.2, 0.25) is 5.02 Å². The molecule has 0 amide bonds. The molecule has 4 rings (SSSR count). The molecule has 0 N–H and O–H groups in total. The number of halogens is 2. The van der Waals surface area contributed by atoms with Crippen molar-refractivity contribution < 1.29 is 9.13 Å². The van der Waals surface area contributed by atoms with Crippen LogP contribution in [0.15, 0.2) is 73.1 Å². The maximum atomic E-state index is 14.3. The fourth-order valence-corrected chi connectivity index (χ4v) is 2.77. The van der Waals surface area contributed by atoms with Gasteiger partial charge < -0.3 is 4.74 Å². The Balaban J connectivity index is 1.91. The van der Waals surface area contributed by atoms with Gasteiger partial charge in [0.15, 0.2) is 0 Å². The van der Waals surface area contributed by atoms with E-state index in [0.29, 0.717) is 33.3 Å². The third-order valence-electron chi connectivity index (χ3n) is 3.74. The van der Waals surface area contributed by atoms with Crippen molar-refractivity contribution in [3.63, 3.8) is 0 Å². The van der Waals surface area contributed by atoms with Gasteiger partial charge in [-0.1, -0.05) is 23.7 Å². The minimum absolute atomic E-state index is 0.328. The zero-order valence-corrected chi connectivity index (χ0v) is 13.7. The predicted molar refractivity (Wildman–Crippen MR) is 96.5 cm³/mol. The molecule has 0 radical (unpaired) electrons. The molecule has 2 aromatic carbocycles. The van der Waals surface area contributed by atoms with E-state index in [1.165, 1.54) is 12.1 Å². The lowest BCUT2D eigenvalue weighted by Gasteiger charge is -2.11. The fourth-order valence-electron chi connectivity index (χ4n) is 2.59. The van der Waals surface area contributed by atoms with Crippen molar-refractivity contribution in [2.75, 3.05) is 0 Å². The quantitative estimate of drug-likeness (QED) is 0.462. The van der Waals surface area contributed by atoms with Crippen LogP contribution in [0.25, 0.3) is 22.2 Å². The van der Waals surface area contributed by atoms with Gasteiger partial charge in [-0.3, -0.25) is 4.98 Å². The van der Waals surface area contributed by atoms with Crippen LogP contribution in [0.1, 0.15) is 0 Å². The Morgan fingerprint density at radius 3 is 2.68 bits per heavy atom. The summed E-state index contributed by atoms with van der Waals surface area (Å²) in [5, 5.41) is 1.28. The Morgan fingerprint density at radius 1 is 0.960 bits per heavy atom. The van der Waals surface area contributed by atoms with Gasteiger partial charge >= 0.3 is 0 Å². The van der Waals surface area contributed by atoms with E-state index in [-0.39, 0.29) is 5.82 Å². The van der Waals surface area contributed by atoms with Crippen LogP contribution in [0, 0.1) is 5.82 Å². The normalized spacial score (nSPS) is 10.8. The van der Waals surface area contributed by atoms with E-state index >= 15 is 0 Å². The lowest BCUT2D eigenvalue weighted by atomic mass is 10.1. The van der Waals surface area contributed by atoms with E-state index in [0.717, 1.165) is 5.39 Å². The number of benzene rings is 2. The molecule has 0 aliphatic rings. The average molecular weight is 351 g/mol. The third kappa shape index (κ3) is 3.16. The van der Waals surface area contributed by atoms with Gasteiger partial charge in [-0.15, -0.1) is 0 Å². The molecule has 5 heteroatoms. The number of para-hydroxylation sites is 1. The molecule has 25 heavy (non-hydrogen) atoms. The molecule has 0 spiro atoms. The number of nitrogens with zero attached hydrogens (tertiary/aromatic N) is 2. The van der Waals surface area contributed by atoms with Crippen molar-refractivity contribution in [3.8, 4) is 22.8 Å². The van der Waals surface area contributed by atoms with Crippen molar-refractivity contribution in [1.82, 2.24) is 9.97 Å². The molecule has 0 fully saturated rings. The summed E-state index contributed by atoms with van der Waals surface area (Å²) in [5.74, 6) is 0.781. The summed E-state index contributed by atoms with van der Waals surface area (Å²) in [5.41, 5.74) is 1.49. The summed E-state index contributed by atoms with van der Waals surface area (Å²) in [6.07, 6.45) is 3.29. The van der Waals surface area contributed by atoms with E-state index in [1.807, 2.05) is 30.3 Å². The second-order valence-electron chi connectivity index (χ2n) is 5.44. The SMILES string of the molecule is Fc1ccc(Cl)cc1-c1cc(Oc2cccnc2)c2ccccc2n1. The van der Waals surface area contributed by atoms with Gasteiger partial charge in [0.2, 0.25) is 0 Å². The molecule has 0 aliphatic carbocycles. The molecule has 4 aromatic rings. The summed E-state index contributed by atoms with van der Waals surface area (Å²) < 4.78 is 20.2. The number of ether oxygens (including phenoxy) is 1. The van der Waals surface area contributed by atoms with Gasteiger partial charge in [0.1, 0.15) is 17.3 Å². The van der Waals surface area contributed by atoms with Crippen LogP contribution in [-0.2, 0) is 0 Å². The van der Waals surface area contributed by atoms with Gasteiger partial charge in [0.05, 0.1) is 17.4 Å². The van der Waals surface area contributed by atoms with Gasteiger partial charge in [-0.2, -0.15) is 0 Å². The molecule has 0 unspecified atom stereocenters. The summed E-state index contributed by atoms with van der Waals surface area (Å²) in [4.78, 5) is 8.60. The van der Waals surface area contributed by atoms with Gasteiger partial charge in [-0.05, 0) is 42.5 Å². The van der Waals surface area contributed by atoms with Crippen LogP contribution in [0.4, 0.5) is 4.39 Å². The molecule has 0 bridgehead atoms. The van der Waals surface area contributed by atoms with Gasteiger partial charge in [-0.25, -0.2) is 9.37 Å². The minimum Gasteiger partial charge on any atom is -0.455 e. The van der Waals surface area contributed by atoms with E-state index in [1.54, 1.807) is 30.6 Å². The third-order valence-corrected chi connectivity index (χ3v) is 3.98. The molecular weight excluding hydrogens is 339 g/mol. The zero-order chi connectivity index (χ0) is 17.2. The molecule has 2 heterocycles. The molecule has 122 valence electrons. The maximum Gasteiger partial charge on any atom is 0.145 e. The molecule has 0 atom stereocenters. The Hall–Kier alpha value is -2.98. The topological polar surface area (TPSA) is 35.0 Å². The van der Waals surface area contributed by atoms with Crippen LogP contribution in [0.3, 0.4) is 0 Å². The minimum atomic E-state index is -0.389. The number of rotatable bonds is 3. The first kappa shape index (κ1) is 15.5. The Morgan fingerprint density at radius 2 is 1.84 bits per heavy atom. The van der Waals surface area contributed by atoms with Gasteiger partial charge in [0, 0.05) is 28.2 Å². The highest BCUT2D eigenvalue weighted by molar-refractivity contribution is 6.30. The van der Waals surface area contributed by atoms with Crippen LogP contribution >= 0.6 is 11.6 Å². The lowest BCUT2D eigenvalue weighted by molar-refractivity contribution is 0.485. The Kier molecular flexibility index (Phi) is 4.04. The van der Waals surface area contributed by atoms with E-state index in [9.17, 15) is 4.39 Å².